The van der Waals surface area contributed by atoms with Crippen LogP contribution in [-0.2, 0) is 20.2 Å². The number of ether oxygens (including phenoxy) is 1. The molecule has 2 amide bonds. The molecule has 11 heteroatoms. The second-order valence-corrected chi connectivity index (χ2v) is 14.3. The van der Waals surface area contributed by atoms with E-state index in [-0.39, 0.29) is 5.91 Å². The third-order valence-electron chi connectivity index (χ3n) is 6.44. The number of halogens is 1. The van der Waals surface area contributed by atoms with Crippen LogP contribution in [0.5, 0.6) is 5.75 Å². The Hall–Kier alpha value is -3.41. The zero-order valence-electron chi connectivity index (χ0n) is 22.7. The standard InChI is InChI=1S/C29H30BrN3O5S2/c1-28(2,18-7-6-8-23(15-18)38-29(3,4)27(31)35)19-13-20(30)16-22(14-19)32-26(34)25-12-17-11-21(33-40(5,36)37)9-10-24(17)39-25/h6-16,33H,1-5H3,(H2,31,35)(H,32,34). The van der Waals surface area contributed by atoms with Crippen molar-refractivity contribution in [3.05, 3.63) is 87.2 Å². The lowest BCUT2D eigenvalue weighted by Gasteiger charge is -2.29. The number of nitrogens with one attached hydrogen (secondary N) is 2. The average Bonchev–Trinajstić information content (AvgIpc) is 3.26. The monoisotopic (exact) mass is 643 g/mol. The number of thiophene rings is 1. The fourth-order valence-electron chi connectivity index (χ4n) is 4.11. The molecule has 0 fully saturated rings. The molecule has 4 rings (SSSR count). The van der Waals surface area contributed by atoms with Gasteiger partial charge in [0.05, 0.1) is 11.1 Å². The van der Waals surface area contributed by atoms with Crippen molar-refractivity contribution in [2.24, 2.45) is 5.73 Å². The van der Waals surface area contributed by atoms with E-state index >= 15 is 0 Å². The number of sulfonamides is 1. The van der Waals surface area contributed by atoms with Crippen molar-refractivity contribution in [2.75, 3.05) is 16.3 Å². The number of carbonyl (C=O) groups is 2. The van der Waals surface area contributed by atoms with E-state index in [1.54, 1.807) is 44.2 Å². The lowest BCUT2D eigenvalue weighted by atomic mass is 9.78. The van der Waals surface area contributed by atoms with Gasteiger partial charge in [-0.15, -0.1) is 11.3 Å². The minimum atomic E-state index is -3.41. The number of hydrogen-bond acceptors (Lipinski definition) is 6. The van der Waals surface area contributed by atoms with E-state index in [1.807, 2.05) is 36.4 Å². The Balaban J connectivity index is 1.59. The fourth-order valence-corrected chi connectivity index (χ4v) is 6.09. The summed E-state index contributed by atoms with van der Waals surface area (Å²) in [7, 11) is -3.41. The Kier molecular flexibility index (Phi) is 8.04. The van der Waals surface area contributed by atoms with Crippen LogP contribution in [0.1, 0.15) is 48.5 Å². The average molecular weight is 645 g/mol. The number of primary amides is 1. The fraction of sp³-hybridized carbons (Fsp3) is 0.241. The zero-order chi connectivity index (χ0) is 29.5. The number of nitrogens with two attached hydrogens (primary N) is 1. The maximum Gasteiger partial charge on any atom is 0.265 e. The molecule has 3 aromatic carbocycles. The van der Waals surface area contributed by atoms with Gasteiger partial charge in [-0.05, 0) is 85.0 Å². The van der Waals surface area contributed by atoms with Gasteiger partial charge in [0.15, 0.2) is 5.60 Å². The Morgan fingerprint density at radius 3 is 2.33 bits per heavy atom. The molecule has 1 aromatic heterocycles. The highest BCUT2D eigenvalue weighted by atomic mass is 79.9. The first-order valence-corrected chi connectivity index (χ1v) is 15.8. The summed E-state index contributed by atoms with van der Waals surface area (Å²) in [6.45, 7) is 7.37. The zero-order valence-corrected chi connectivity index (χ0v) is 25.9. The van der Waals surface area contributed by atoms with Crippen molar-refractivity contribution in [2.45, 2.75) is 38.7 Å². The molecule has 40 heavy (non-hydrogen) atoms. The second-order valence-electron chi connectivity index (χ2n) is 10.5. The van der Waals surface area contributed by atoms with Crippen molar-refractivity contribution in [3.63, 3.8) is 0 Å². The summed E-state index contributed by atoms with van der Waals surface area (Å²) in [6, 6.07) is 20.1. The topological polar surface area (TPSA) is 128 Å². The molecule has 4 N–H and O–H groups in total. The van der Waals surface area contributed by atoms with Crippen molar-refractivity contribution in [1.29, 1.82) is 0 Å². The highest BCUT2D eigenvalue weighted by Crippen LogP contribution is 2.37. The predicted molar refractivity (Wildman–Crippen MR) is 165 cm³/mol. The van der Waals surface area contributed by atoms with Crippen LogP contribution in [-0.4, -0.2) is 32.1 Å². The van der Waals surface area contributed by atoms with Gasteiger partial charge in [-0.2, -0.15) is 0 Å². The minimum absolute atomic E-state index is 0.273. The normalized spacial score (nSPS) is 12.2. The van der Waals surface area contributed by atoms with E-state index in [2.05, 4.69) is 39.8 Å². The van der Waals surface area contributed by atoms with E-state index in [0.717, 1.165) is 31.9 Å². The van der Waals surface area contributed by atoms with Gasteiger partial charge in [0.2, 0.25) is 10.0 Å². The molecule has 0 aliphatic carbocycles. The maximum atomic E-state index is 13.2. The van der Waals surface area contributed by atoms with Crippen molar-refractivity contribution in [1.82, 2.24) is 0 Å². The summed E-state index contributed by atoms with van der Waals surface area (Å²) in [6.07, 6.45) is 1.09. The summed E-state index contributed by atoms with van der Waals surface area (Å²) in [5.74, 6) is -0.309. The molecule has 0 unspecified atom stereocenters. The van der Waals surface area contributed by atoms with E-state index in [0.29, 0.717) is 22.0 Å². The van der Waals surface area contributed by atoms with E-state index in [9.17, 15) is 18.0 Å². The highest BCUT2D eigenvalue weighted by Gasteiger charge is 2.29. The molecule has 0 radical (unpaired) electrons. The summed E-state index contributed by atoms with van der Waals surface area (Å²) >= 11 is 4.90. The minimum Gasteiger partial charge on any atom is -0.478 e. The van der Waals surface area contributed by atoms with E-state index in [4.69, 9.17) is 10.5 Å². The van der Waals surface area contributed by atoms with Crippen LogP contribution in [0.3, 0.4) is 0 Å². The Bertz CT molecular complexity index is 1730. The van der Waals surface area contributed by atoms with Crippen LogP contribution in [0.25, 0.3) is 10.1 Å². The molecule has 0 bridgehead atoms. The van der Waals surface area contributed by atoms with Crippen LogP contribution in [0, 0.1) is 0 Å². The van der Waals surface area contributed by atoms with Crippen LogP contribution < -0.4 is 20.5 Å². The summed E-state index contributed by atoms with van der Waals surface area (Å²) in [5.41, 5.74) is 6.76. The summed E-state index contributed by atoms with van der Waals surface area (Å²) in [5, 5.41) is 3.75. The molecule has 4 aromatic rings. The van der Waals surface area contributed by atoms with Gasteiger partial charge < -0.3 is 15.8 Å². The molecule has 210 valence electrons. The first kappa shape index (κ1) is 29.6. The van der Waals surface area contributed by atoms with Crippen molar-refractivity contribution in [3.8, 4) is 5.75 Å². The smallest absolute Gasteiger partial charge is 0.265 e. The number of amides is 2. The van der Waals surface area contributed by atoms with Crippen LogP contribution >= 0.6 is 27.3 Å². The van der Waals surface area contributed by atoms with Crippen LogP contribution in [0.4, 0.5) is 11.4 Å². The molecule has 0 saturated heterocycles. The maximum absolute atomic E-state index is 13.2. The van der Waals surface area contributed by atoms with E-state index in [1.165, 1.54) is 11.3 Å². The SMILES string of the molecule is CC(C)(Oc1cccc(C(C)(C)c2cc(Br)cc(NC(=O)c3cc4cc(NS(C)(=O)=O)ccc4s3)c2)c1)C(N)=O. The van der Waals surface area contributed by atoms with Gasteiger partial charge in [-0.3, -0.25) is 14.3 Å². The lowest BCUT2D eigenvalue weighted by Crippen LogP contribution is -2.43. The summed E-state index contributed by atoms with van der Waals surface area (Å²) < 4.78 is 33.1. The number of hydrogen-bond donors (Lipinski definition) is 3. The van der Waals surface area contributed by atoms with Gasteiger partial charge in [0.1, 0.15) is 5.75 Å². The van der Waals surface area contributed by atoms with Gasteiger partial charge >= 0.3 is 0 Å². The number of rotatable bonds is 9. The predicted octanol–water partition coefficient (Wildman–Crippen LogP) is 6.26. The number of benzene rings is 3. The molecular weight excluding hydrogens is 614 g/mol. The molecule has 0 aliphatic rings. The molecule has 0 spiro atoms. The number of carbonyl (C=O) groups excluding carboxylic acids is 2. The molecule has 1 heterocycles. The third-order valence-corrected chi connectivity index (χ3v) is 8.62. The van der Waals surface area contributed by atoms with E-state index < -0.39 is 26.9 Å². The first-order chi connectivity index (χ1) is 18.5. The van der Waals surface area contributed by atoms with Gasteiger partial charge in [0.25, 0.3) is 11.8 Å². The largest absolute Gasteiger partial charge is 0.478 e. The van der Waals surface area contributed by atoms with Gasteiger partial charge in [-0.1, -0.05) is 41.9 Å². The van der Waals surface area contributed by atoms with Crippen LogP contribution in [0.2, 0.25) is 0 Å². The molecule has 0 aliphatic heterocycles. The molecule has 0 atom stereocenters. The molecular formula is C29H30BrN3O5S2. The second kappa shape index (κ2) is 10.9. The highest BCUT2D eigenvalue weighted by molar-refractivity contribution is 9.10. The number of fused-ring (bicyclic) bond motifs is 1. The lowest BCUT2D eigenvalue weighted by molar-refractivity contribution is -0.130. The Labute approximate surface area is 246 Å². The van der Waals surface area contributed by atoms with Crippen LogP contribution in [0.15, 0.2) is 71.2 Å². The van der Waals surface area contributed by atoms with Crippen molar-refractivity contribution >= 4 is 70.6 Å². The molecule has 0 saturated carbocycles. The van der Waals surface area contributed by atoms with Crippen molar-refractivity contribution < 1.29 is 22.7 Å². The Morgan fingerprint density at radius 2 is 1.65 bits per heavy atom. The Morgan fingerprint density at radius 1 is 0.925 bits per heavy atom. The number of anilines is 2. The van der Waals surface area contributed by atoms with Gasteiger partial charge in [0, 0.05) is 26.0 Å². The molecule has 8 nitrogen and oxygen atoms in total. The first-order valence-electron chi connectivity index (χ1n) is 12.3. The summed E-state index contributed by atoms with van der Waals surface area (Å²) in [4.78, 5) is 25.4. The van der Waals surface area contributed by atoms with Gasteiger partial charge in [-0.25, -0.2) is 8.42 Å². The third kappa shape index (κ3) is 6.83. The quantitative estimate of drug-likeness (QED) is 0.198.